The van der Waals surface area contributed by atoms with E-state index in [0.717, 1.165) is 13.0 Å². The van der Waals surface area contributed by atoms with Gasteiger partial charge in [0.2, 0.25) is 0 Å². The second kappa shape index (κ2) is 6.20. The molecule has 1 aromatic rings. The lowest BCUT2D eigenvalue weighted by Gasteiger charge is -2.25. The summed E-state index contributed by atoms with van der Waals surface area (Å²) in [5.41, 5.74) is 6.50. The highest BCUT2D eigenvalue weighted by Gasteiger charge is 2.13. The number of hydrogen-bond acceptors (Lipinski definition) is 3. The Morgan fingerprint density at radius 3 is 2.71 bits per heavy atom. The van der Waals surface area contributed by atoms with Gasteiger partial charge in [0.1, 0.15) is 11.7 Å². The summed E-state index contributed by atoms with van der Waals surface area (Å²) in [7, 11) is 0. The van der Waals surface area contributed by atoms with Crippen LogP contribution in [0, 0.1) is 11.2 Å². The smallest absolute Gasteiger partial charge is 0.125 e. The van der Waals surface area contributed by atoms with Gasteiger partial charge in [-0.1, -0.05) is 6.92 Å². The van der Waals surface area contributed by atoms with Gasteiger partial charge in [-0.3, -0.25) is 5.41 Å². The van der Waals surface area contributed by atoms with E-state index in [0.29, 0.717) is 17.8 Å². The molecule has 0 aromatic heterocycles. The van der Waals surface area contributed by atoms with Crippen LogP contribution in [0.4, 0.5) is 10.1 Å². The summed E-state index contributed by atoms with van der Waals surface area (Å²) in [6.45, 7) is 3.20. The van der Waals surface area contributed by atoms with E-state index in [-0.39, 0.29) is 12.4 Å². The molecule has 17 heavy (non-hydrogen) atoms. The quantitative estimate of drug-likeness (QED) is 0.518. The number of nitrogens with two attached hydrogens (primary N) is 1. The van der Waals surface area contributed by atoms with E-state index in [1.165, 1.54) is 12.1 Å². The molecule has 94 valence electrons. The normalized spacial score (nSPS) is 10.3. The molecular weight excluding hydrogens is 221 g/mol. The van der Waals surface area contributed by atoms with Gasteiger partial charge in [0.25, 0.3) is 0 Å². The van der Waals surface area contributed by atoms with E-state index in [9.17, 15) is 4.39 Å². The van der Waals surface area contributed by atoms with Crippen LogP contribution < -0.4 is 10.6 Å². The molecule has 0 saturated heterocycles. The molecule has 4 N–H and O–H groups in total. The molecule has 0 bridgehead atoms. The largest absolute Gasteiger partial charge is 0.395 e. The van der Waals surface area contributed by atoms with E-state index < -0.39 is 5.82 Å². The predicted octanol–water partition coefficient (Wildman–Crippen LogP) is 1.32. The number of nitrogens with zero attached hydrogens (tertiary/aromatic N) is 1. The Morgan fingerprint density at radius 1 is 1.47 bits per heavy atom. The van der Waals surface area contributed by atoms with Gasteiger partial charge >= 0.3 is 0 Å². The minimum Gasteiger partial charge on any atom is -0.395 e. The second-order valence-corrected chi connectivity index (χ2v) is 3.79. The molecule has 0 spiro atoms. The number of hydrogen-bond donors (Lipinski definition) is 3. The lowest BCUT2D eigenvalue weighted by molar-refractivity contribution is 0.302. The SMILES string of the molecule is CCCN(CCO)c1ccc(F)cc1C(=N)N. The van der Waals surface area contributed by atoms with Crippen molar-refractivity contribution in [3.8, 4) is 0 Å². The van der Waals surface area contributed by atoms with Gasteiger partial charge < -0.3 is 15.7 Å². The van der Waals surface area contributed by atoms with Crippen molar-refractivity contribution in [3.63, 3.8) is 0 Å². The van der Waals surface area contributed by atoms with E-state index in [1.807, 2.05) is 11.8 Å². The molecule has 1 aromatic carbocycles. The average molecular weight is 239 g/mol. The highest BCUT2D eigenvalue weighted by Crippen LogP contribution is 2.21. The van der Waals surface area contributed by atoms with E-state index >= 15 is 0 Å². The Balaban J connectivity index is 3.12. The first kappa shape index (κ1) is 13.4. The Bertz CT molecular complexity index is 389. The summed E-state index contributed by atoms with van der Waals surface area (Å²) < 4.78 is 13.1. The van der Waals surface area contributed by atoms with Crippen molar-refractivity contribution in [2.45, 2.75) is 13.3 Å². The highest BCUT2D eigenvalue weighted by atomic mass is 19.1. The standard InChI is InChI=1S/C12H18FN3O/c1-2-5-16(6-7-17)11-4-3-9(13)8-10(11)12(14)15/h3-4,8,17H,2,5-7H2,1H3,(H3,14,15). The van der Waals surface area contributed by atoms with E-state index in [1.54, 1.807) is 6.07 Å². The van der Waals surface area contributed by atoms with Crippen LogP contribution in [-0.4, -0.2) is 30.6 Å². The first-order valence-corrected chi connectivity index (χ1v) is 5.60. The van der Waals surface area contributed by atoms with Gasteiger partial charge in [-0.15, -0.1) is 0 Å². The number of halogens is 1. The molecule has 0 saturated carbocycles. The summed E-state index contributed by atoms with van der Waals surface area (Å²) in [5.74, 6) is -0.585. The Kier molecular flexibility index (Phi) is 4.90. The van der Waals surface area contributed by atoms with Crippen LogP contribution in [0.3, 0.4) is 0 Å². The molecule has 0 fully saturated rings. The Labute approximate surface area is 100 Å². The molecule has 0 aliphatic rings. The third kappa shape index (κ3) is 3.42. The predicted molar refractivity (Wildman–Crippen MR) is 67.0 cm³/mol. The zero-order chi connectivity index (χ0) is 12.8. The maximum Gasteiger partial charge on any atom is 0.125 e. The minimum absolute atomic E-state index is 0.00865. The maximum absolute atomic E-state index is 13.1. The van der Waals surface area contributed by atoms with Gasteiger partial charge in [0.05, 0.1) is 6.61 Å². The molecule has 0 atom stereocenters. The fraction of sp³-hybridized carbons (Fsp3) is 0.417. The second-order valence-electron chi connectivity index (χ2n) is 3.79. The van der Waals surface area contributed by atoms with Gasteiger partial charge in [-0.05, 0) is 24.6 Å². The fourth-order valence-corrected chi connectivity index (χ4v) is 1.74. The summed E-state index contributed by atoms with van der Waals surface area (Å²) >= 11 is 0. The summed E-state index contributed by atoms with van der Waals surface area (Å²) in [4.78, 5) is 1.90. The van der Waals surface area contributed by atoms with Crippen molar-refractivity contribution in [1.82, 2.24) is 0 Å². The molecule has 4 nitrogen and oxygen atoms in total. The molecule has 5 heteroatoms. The minimum atomic E-state index is -0.417. The lowest BCUT2D eigenvalue weighted by atomic mass is 10.1. The first-order valence-electron chi connectivity index (χ1n) is 5.60. The number of anilines is 1. The number of nitrogen functional groups attached to an aromatic ring is 1. The van der Waals surface area contributed by atoms with Crippen molar-refractivity contribution in [2.24, 2.45) is 5.73 Å². The third-order valence-corrected chi connectivity index (χ3v) is 2.45. The number of rotatable bonds is 6. The van der Waals surface area contributed by atoms with E-state index in [2.05, 4.69) is 0 Å². The maximum atomic E-state index is 13.1. The van der Waals surface area contributed by atoms with Crippen LogP contribution in [0.2, 0.25) is 0 Å². The number of aliphatic hydroxyl groups is 1. The lowest BCUT2D eigenvalue weighted by Crippen LogP contribution is -2.30. The van der Waals surface area contributed by atoms with Crippen molar-refractivity contribution in [3.05, 3.63) is 29.6 Å². The Morgan fingerprint density at radius 2 is 2.18 bits per heavy atom. The van der Waals surface area contributed by atoms with Crippen molar-refractivity contribution >= 4 is 11.5 Å². The van der Waals surface area contributed by atoms with Gasteiger partial charge in [-0.2, -0.15) is 0 Å². The fourth-order valence-electron chi connectivity index (χ4n) is 1.74. The zero-order valence-electron chi connectivity index (χ0n) is 9.91. The zero-order valence-corrected chi connectivity index (χ0v) is 9.91. The van der Waals surface area contributed by atoms with Crippen LogP contribution in [0.15, 0.2) is 18.2 Å². The van der Waals surface area contributed by atoms with Crippen LogP contribution >= 0.6 is 0 Å². The topological polar surface area (TPSA) is 73.3 Å². The molecule has 0 aliphatic carbocycles. The van der Waals surface area contributed by atoms with Crippen LogP contribution in [0.5, 0.6) is 0 Å². The summed E-state index contributed by atoms with van der Waals surface area (Å²) in [6, 6.07) is 4.18. The number of aliphatic hydroxyl groups excluding tert-OH is 1. The van der Waals surface area contributed by atoms with E-state index in [4.69, 9.17) is 16.2 Å². The van der Waals surface area contributed by atoms with Crippen LogP contribution in [0.1, 0.15) is 18.9 Å². The van der Waals surface area contributed by atoms with Gasteiger partial charge in [0, 0.05) is 24.3 Å². The van der Waals surface area contributed by atoms with Crippen LogP contribution in [0.25, 0.3) is 0 Å². The monoisotopic (exact) mass is 239 g/mol. The van der Waals surface area contributed by atoms with Crippen molar-refractivity contribution < 1.29 is 9.50 Å². The molecular formula is C12H18FN3O. The van der Waals surface area contributed by atoms with Crippen LogP contribution in [-0.2, 0) is 0 Å². The molecule has 0 unspecified atom stereocenters. The number of benzene rings is 1. The van der Waals surface area contributed by atoms with Crippen molar-refractivity contribution in [1.29, 1.82) is 5.41 Å². The van der Waals surface area contributed by atoms with Gasteiger partial charge in [-0.25, -0.2) is 4.39 Å². The average Bonchev–Trinajstić information content (AvgIpc) is 2.28. The number of nitrogens with one attached hydrogen (secondary N) is 1. The Hall–Kier alpha value is -1.62. The van der Waals surface area contributed by atoms with Crippen molar-refractivity contribution in [2.75, 3.05) is 24.6 Å². The summed E-state index contributed by atoms with van der Waals surface area (Å²) in [6.07, 6.45) is 0.898. The molecule has 0 heterocycles. The number of amidine groups is 1. The molecule has 0 amide bonds. The molecule has 1 rings (SSSR count). The highest BCUT2D eigenvalue weighted by molar-refractivity contribution is 6.00. The molecule has 0 radical (unpaired) electrons. The first-order chi connectivity index (χ1) is 8.10. The van der Waals surface area contributed by atoms with Gasteiger partial charge in [0.15, 0.2) is 0 Å². The summed E-state index contributed by atoms with van der Waals surface area (Å²) in [5, 5.41) is 16.5. The third-order valence-electron chi connectivity index (χ3n) is 2.45. The molecule has 0 aliphatic heterocycles.